The molecule has 1 aromatic rings. The zero-order valence-electron chi connectivity index (χ0n) is 14.0. The van der Waals surface area contributed by atoms with E-state index < -0.39 is 5.60 Å². The molecule has 0 aromatic heterocycles. The number of amides is 1. The molecule has 23 heavy (non-hydrogen) atoms. The fourth-order valence-corrected chi connectivity index (χ4v) is 4.22. The Hall–Kier alpha value is -1.39. The molecule has 4 heteroatoms. The van der Waals surface area contributed by atoms with Gasteiger partial charge in [0.15, 0.2) is 5.60 Å². The van der Waals surface area contributed by atoms with Crippen molar-refractivity contribution in [2.75, 3.05) is 11.4 Å². The highest BCUT2D eigenvalue weighted by molar-refractivity contribution is 9.10. The van der Waals surface area contributed by atoms with E-state index in [1.165, 1.54) is 11.1 Å². The summed E-state index contributed by atoms with van der Waals surface area (Å²) >= 11 is 3.64. The van der Waals surface area contributed by atoms with Crippen LogP contribution in [-0.4, -0.2) is 18.6 Å². The van der Waals surface area contributed by atoms with Crippen molar-refractivity contribution in [3.8, 4) is 0 Å². The molecule has 122 valence electrons. The Labute approximate surface area is 146 Å². The van der Waals surface area contributed by atoms with E-state index >= 15 is 0 Å². The number of halogens is 1. The van der Waals surface area contributed by atoms with Crippen LogP contribution in [0.1, 0.15) is 39.7 Å². The van der Waals surface area contributed by atoms with Crippen molar-refractivity contribution in [2.45, 2.75) is 45.8 Å². The average Bonchev–Trinajstić information content (AvgIpc) is 2.66. The van der Waals surface area contributed by atoms with Crippen LogP contribution in [0.4, 0.5) is 5.69 Å². The van der Waals surface area contributed by atoms with Crippen LogP contribution in [0.25, 0.3) is 0 Å². The van der Waals surface area contributed by atoms with Crippen LogP contribution in [-0.2, 0) is 15.1 Å². The quantitative estimate of drug-likeness (QED) is 0.700. The van der Waals surface area contributed by atoms with E-state index in [4.69, 9.17) is 4.74 Å². The average molecular weight is 376 g/mol. The standard InChI is InChI=1S/C19H22BrNO2/c1-12(2)8-9-21-16-7-5-6-15(20)17(16)19(18(21)22)11-13(3)10-14(4)23-19/h5-8,10,14H,9,11H2,1-4H3/t14-,19?/m1/s1. The summed E-state index contributed by atoms with van der Waals surface area (Å²) < 4.78 is 7.18. The van der Waals surface area contributed by atoms with Crippen LogP contribution in [0.5, 0.6) is 0 Å². The molecule has 2 aliphatic rings. The summed E-state index contributed by atoms with van der Waals surface area (Å²) in [4.78, 5) is 15.2. The van der Waals surface area contributed by atoms with Gasteiger partial charge < -0.3 is 9.64 Å². The molecule has 1 amide bonds. The largest absolute Gasteiger partial charge is 0.353 e. The van der Waals surface area contributed by atoms with Crippen molar-refractivity contribution in [3.05, 3.63) is 51.5 Å². The van der Waals surface area contributed by atoms with E-state index in [1.54, 1.807) is 0 Å². The zero-order chi connectivity index (χ0) is 16.8. The van der Waals surface area contributed by atoms with Crippen molar-refractivity contribution in [2.24, 2.45) is 0 Å². The molecule has 2 heterocycles. The highest BCUT2D eigenvalue weighted by atomic mass is 79.9. The molecule has 3 nitrogen and oxygen atoms in total. The smallest absolute Gasteiger partial charge is 0.264 e. The lowest BCUT2D eigenvalue weighted by atomic mass is 9.85. The van der Waals surface area contributed by atoms with Gasteiger partial charge in [0.2, 0.25) is 0 Å². The SMILES string of the molecule is CC(C)=CCN1C(=O)C2(CC(C)=C[C@@H](C)O2)c2c(Br)cccc21. The summed E-state index contributed by atoms with van der Waals surface area (Å²) in [5.74, 6) is 0.0381. The van der Waals surface area contributed by atoms with Crippen molar-refractivity contribution in [3.63, 3.8) is 0 Å². The Morgan fingerprint density at radius 2 is 2.22 bits per heavy atom. The molecule has 0 bridgehead atoms. The maximum atomic E-state index is 13.3. The third-order valence-electron chi connectivity index (χ3n) is 4.39. The third-order valence-corrected chi connectivity index (χ3v) is 5.05. The minimum absolute atomic E-state index is 0.0381. The van der Waals surface area contributed by atoms with E-state index in [2.05, 4.69) is 35.0 Å². The van der Waals surface area contributed by atoms with Gasteiger partial charge in [-0.2, -0.15) is 0 Å². The molecule has 0 N–H and O–H groups in total. The second-order valence-corrected chi connectivity index (χ2v) is 7.53. The number of ether oxygens (including phenoxy) is 1. The summed E-state index contributed by atoms with van der Waals surface area (Å²) in [5.41, 5.74) is 3.41. The summed E-state index contributed by atoms with van der Waals surface area (Å²) in [6.45, 7) is 8.73. The second kappa shape index (κ2) is 5.91. The van der Waals surface area contributed by atoms with Gasteiger partial charge in [-0.15, -0.1) is 0 Å². The summed E-state index contributed by atoms with van der Waals surface area (Å²) in [5, 5.41) is 0. The molecule has 0 fully saturated rings. The van der Waals surface area contributed by atoms with Crippen LogP contribution in [0.3, 0.4) is 0 Å². The van der Waals surface area contributed by atoms with E-state index in [9.17, 15) is 4.79 Å². The minimum atomic E-state index is -0.900. The van der Waals surface area contributed by atoms with Crippen LogP contribution < -0.4 is 4.90 Å². The number of allylic oxidation sites excluding steroid dienone is 1. The molecule has 2 aliphatic heterocycles. The van der Waals surface area contributed by atoms with Gasteiger partial charge in [0, 0.05) is 23.0 Å². The van der Waals surface area contributed by atoms with Gasteiger partial charge in [0.1, 0.15) is 0 Å². The van der Waals surface area contributed by atoms with Crippen LogP contribution in [0.2, 0.25) is 0 Å². The first-order valence-corrected chi connectivity index (χ1v) is 8.74. The number of carbonyl (C=O) groups excluding carboxylic acids is 1. The normalized spacial score (nSPS) is 26.3. The maximum absolute atomic E-state index is 13.3. The number of fused-ring (bicyclic) bond motifs is 2. The molecular formula is C19H22BrNO2. The fourth-order valence-electron chi connectivity index (χ4n) is 3.55. The van der Waals surface area contributed by atoms with E-state index in [1.807, 2.05) is 43.9 Å². The van der Waals surface area contributed by atoms with Crippen LogP contribution in [0, 0.1) is 0 Å². The fraction of sp³-hybridized carbons (Fsp3) is 0.421. The van der Waals surface area contributed by atoms with Gasteiger partial charge in [-0.1, -0.05) is 45.3 Å². The minimum Gasteiger partial charge on any atom is -0.353 e. The van der Waals surface area contributed by atoms with Crippen LogP contribution in [0.15, 0.2) is 46.0 Å². The number of hydrogen-bond acceptors (Lipinski definition) is 2. The lowest BCUT2D eigenvalue weighted by Crippen LogP contribution is -2.46. The predicted octanol–water partition coefficient (Wildman–Crippen LogP) is 4.71. The van der Waals surface area contributed by atoms with Gasteiger partial charge in [0.05, 0.1) is 11.8 Å². The number of hydrogen-bond donors (Lipinski definition) is 0. The zero-order valence-corrected chi connectivity index (χ0v) is 15.6. The number of rotatable bonds is 2. The molecule has 3 rings (SSSR count). The molecule has 1 spiro atoms. The molecule has 2 atom stereocenters. The van der Waals surface area contributed by atoms with Crippen LogP contribution >= 0.6 is 15.9 Å². The summed E-state index contributed by atoms with van der Waals surface area (Å²) in [6.07, 6.45) is 4.71. The molecule has 0 saturated heterocycles. The first-order valence-electron chi connectivity index (χ1n) is 7.94. The van der Waals surface area contributed by atoms with Crippen molar-refractivity contribution < 1.29 is 9.53 Å². The molecule has 0 saturated carbocycles. The Morgan fingerprint density at radius 3 is 2.87 bits per heavy atom. The molecule has 1 aromatic carbocycles. The summed E-state index contributed by atoms with van der Waals surface area (Å²) in [7, 11) is 0. The molecule has 0 radical (unpaired) electrons. The van der Waals surface area contributed by atoms with Gasteiger partial charge in [-0.3, -0.25) is 4.79 Å². The Kier molecular flexibility index (Phi) is 4.23. The number of nitrogens with zero attached hydrogens (tertiary/aromatic N) is 1. The lowest BCUT2D eigenvalue weighted by molar-refractivity contribution is -0.150. The highest BCUT2D eigenvalue weighted by Crippen LogP contribution is 2.51. The maximum Gasteiger partial charge on any atom is 0.264 e. The Bertz CT molecular complexity index is 718. The van der Waals surface area contributed by atoms with Crippen molar-refractivity contribution >= 4 is 27.5 Å². The summed E-state index contributed by atoms with van der Waals surface area (Å²) in [6, 6.07) is 5.97. The van der Waals surface area contributed by atoms with E-state index in [0.29, 0.717) is 13.0 Å². The first-order chi connectivity index (χ1) is 10.8. The predicted molar refractivity (Wildman–Crippen MR) is 96.5 cm³/mol. The molecular weight excluding hydrogens is 354 g/mol. The van der Waals surface area contributed by atoms with E-state index in [0.717, 1.165) is 15.7 Å². The Morgan fingerprint density at radius 1 is 1.48 bits per heavy atom. The number of anilines is 1. The lowest BCUT2D eigenvalue weighted by Gasteiger charge is -2.35. The monoisotopic (exact) mass is 375 g/mol. The van der Waals surface area contributed by atoms with E-state index in [-0.39, 0.29) is 12.0 Å². The topological polar surface area (TPSA) is 29.5 Å². The van der Waals surface area contributed by atoms with Gasteiger partial charge in [-0.05, 0) is 39.8 Å². The van der Waals surface area contributed by atoms with Crippen molar-refractivity contribution in [1.82, 2.24) is 0 Å². The third kappa shape index (κ3) is 2.68. The highest BCUT2D eigenvalue weighted by Gasteiger charge is 2.54. The Balaban J connectivity index is 2.15. The molecule has 1 unspecified atom stereocenters. The number of carbonyl (C=O) groups is 1. The second-order valence-electron chi connectivity index (χ2n) is 6.67. The van der Waals surface area contributed by atoms with Gasteiger partial charge in [-0.25, -0.2) is 0 Å². The van der Waals surface area contributed by atoms with Crippen molar-refractivity contribution in [1.29, 1.82) is 0 Å². The van der Waals surface area contributed by atoms with Gasteiger partial charge in [0.25, 0.3) is 5.91 Å². The van der Waals surface area contributed by atoms with Gasteiger partial charge >= 0.3 is 0 Å². The first kappa shape index (κ1) is 16.5. The number of benzene rings is 1. The molecule has 0 aliphatic carbocycles.